The number of amides is 1. The predicted molar refractivity (Wildman–Crippen MR) is 156 cm³/mol. The first-order chi connectivity index (χ1) is 19.2. The minimum Gasteiger partial charge on any atom is -0.383 e. The van der Waals surface area contributed by atoms with Gasteiger partial charge in [0, 0.05) is 55.6 Å². The lowest BCUT2D eigenvalue weighted by Crippen LogP contribution is -2.29. The van der Waals surface area contributed by atoms with E-state index < -0.39 is 0 Å². The molecule has 9 heteroatoms. The minimum atomic E-state index is 0.0264. The molecule has 0 atom stereocenters. The molecule has 0 saturated heterocycles. The standard InChI is InChI=1S/C30H30ClN7O/c31-26-17-21(7-8-25(26)23-5-2-1-3-6-23)20-33-16-11-29(39)35-13-4-12-34-27-18-24(22-9-14-32-15-10-22)19-28-30(27)37-38-36-28/h1-3,5-10,14-15,17-19,33-34H,4,11-13,16,20H2,(H,35,39)(H,36,37,38). The van der Waals surface area contributed by atoms with Crippen molar-refractivity contribution >= 4 is 34.2 Å². The van der Waals surface area contributed by atoms with E-state index in [1.807, 2.05) is 60.7 Å². The largest absolute Gasteiger partial charge is 0.383 e. The highest BCUT2D eigenvalue weighted by atomic mass is 35.5. The van der Waals surface area contributed by atoms with Crippen molar-refractivity contribution in [1.82, 2.24) is 31.0 Å². The van der Waals surface area contributed by atoms with E-state index in [9.17, 15) is 4.79 Å². The average molecular weight is 540 g/mol. The van der Waals surface area contributed by atoms with E-state index in [4.69, 9.17) is 11.6 Å². The normalized spacial score (nSPS) is 11.0. The quantitative estimate of drug-likeness (QED) is 0.157. The third-order valence-electron chi connectivity index (χ3n) is 6.41. The van der Waals surface area contributed by atoms with Gasteiger partial charge in [-0.3, -0.25) is 14.9 Å². The fourth-order valence-corrected chi connectivity index (χ4v) is 4.70. The molecular formula is C30H30ClN7O. The monoisotopic (exact) mass is 539 g/mol. The molecule has 5 rings (SSSR count). The van der Waals surface area contributed by atoms with Gasteiger partial charge < -0.3 is 16.0 Å². The van der Waals surface area contributed by atoms with Crippen molar-refractivity contribution < 1.29 is 4.79 Å². The van der Waals surface area contributed by atoms with Gasteiger partial charge in [-0.15, -0.1) is 5.10 Å². The first-order valence-corrected chi connectivity index (χ1v) is 13.4. The number of fused-ring (bicyclic) bond motifs is 1. The zero-order valence-electron chi connectivity index (χ0n) is 21.5. The fraction of sp³-hybridized carbons (Fsp3) is 0.200. The first-order valence-electron chi connectivity index (χ1n) is 13.0. The number of aromatic nitrogens is 4. The second kappa shape index (κ2) is 13.0. The average Bonchev–Trinajstić information content (AvgIpc) is 3.45. The molecule has 0 aliphatic carbocycles. The van der Waals surface area contributed by atoms with Gasteiger partial charge >= 0.3 is 0 Å². The Labute approximate surface area is 232 Å². The lowest BCUT2D eigenvalue weighted by molar-refractivity contribution is -0.120. The smallest absolute Gasteiger partial charge is 0.221 e. The van der Waals surface area contributed by atoms with E-state index in [1.54, 1.807) is 12.4 Å². The van der Waals surface area contributed by atoms with Crippen LogP contribution in [0.15, 0.2) is 85.2 Å². The number of benzene rings is 3. The second-order valence-electron chi connectivity index (χ2n) is 9.20. The number of hydrogen-bond donors (Lipinski definition) is 4. The number of nitrogens with zero attached hydrogens (tertiary/aromatic N) is 3. The van der Waals surface area contributed by atoms with E-state index in [-0.39, 0.29) is 5.91 Å². The molecule has 0 fully saturated rings. The molecule has 2 aromatic heterocycles. The molecule has 2 heterocycles. The second-order valence-corrected chi connectivity index (χ2v) is 9.61. The summed E-state index contributed by atoms with van der Waals surface area (Å²) in [6.07, 6.45) is 4.74. The number of pyridine rings is 1. The number of rotatable bonds is 12. The van der Waals surface area contributed by atoms with Crippen LogP contribution in [0.2, 0.25) is 5.02 Å². The summed E-state index contributed by atoms with van der Waals surface area (Å²) in [4.78, 5) is 16.4. The van der Waals surface area contributed by atoms with Gasteiger partial charge in [-0.05, 0) is 59.0 Å². The van der Waals surface area contributed by atoms with Crippen LogP contribution in [-0.2, 0) is 11.3 Å². The Kier molecular flexibility index (Phi) is 8.78. The van der Waals surface area contributed by atoms with E-state index in [0.29, 0.717) is 32.6 Å². The van der Waals surface area contributed by atoms with Gasteiger partial charge in [-0.2, -0.15) is 0 Å². The molecule has 0 spiro atoms. The SMILES string of the molecule is O=C(CCNCc1ccc(-c2ccccc2)c(Cl)c1)NCCCNc1cc(-c2ccncc2)cc2[nH]nnc12. The summed E-state index contributed by atoms with van der Waals surface area (Å²) in [6, 6.07) is 24.2. The van der Waals surface area contributed by atoms with Crippen molar-refractivity contribution in [2.24, 2.45) is 0 Å². The lowest BCUT2D eigenvalue weighted by atomic mass is 10.0. The topological polar surface area (TPSA) is 108 Å². The summed E-state index contributed by atoms with van der Waals surface area (Å²) in [6.45, 7) is 2.53. The molecular weight excluding hydrogens is 510 g/mol. The van der Waals surface area contributed by atoms with Gasteiger partial charge in [0.25, 0.3) is 0 Å². The van der Waals surface area contributed by atoms with Crippen molar-refractivity contribution in [1.29, 1.82) is 0 Å². The van der Waals surface area contributed by atoms with Crippen LogP contribution in [0.4, 0.5) is 5.69 Å². The van der Waals surface area contributed by atoms with E-state index >= 15 is 0 Å². The molecule has 39 heavy (non-hydrogen) atoms. The summed E-state index contributed by atoms with van der Waals surface area (Å²) in [5.74, 6) is 0.0264. The molecule has 1 amide bonds. The van der Waals surface area contributed by atoms with Crippen LogP contribution in [0.5, 0.6) is 0 Å². The zero-order valence-corrected chi connectivity index (χ0v) is 22.2. The van der Waals surface area contributed by atoms with Crippen LogP contribution < -0.4 is 16.0 Å². The number of carbonyl (C=O) groups is 1. The van der Waals surface area contributed by atoms with Gasteiger partial charge in [0.1, 0.15) is 5.52 Å². The van der Waals surface area contributed by atoms with Gasteiger partial charge in [0.2, 0.25) is 5.91 Å². The van der Waals surface area contributed by atoms with Crippen LogP contribution in [0.1, 0.15) is 18.4 Å². The molecule has 0 aliphatic rings. The van der Waals surface area contributed by atoms with Gasteiger partial charge in [-0.1, -0.05) is 59.3 Å². The van der Waals surface area contributed by atoms with Gasteiger partial charge in [-0.25, -0.2) is 0 Å². The molecule has 8 nitrogen and oxygen atoms in total. The predicted octanol–water partition coefficient (Wildman–Crippen LogP) is 5.44. The molecule has 0 radical (unpaired) electrons. The van der Waals surface area contributed by atoms with E-state index in [1.165, 1.54) is 0 Å². The van der Waals surface area contributed by atoms with Crippen molar-refractivity contribution in [3.05, 3.63) is 95.8 Å². The third kappa shape index (κ3) is 6.98. The Hall–Kier alpha value is -4.27. The lowest BCUT2D eigenvalue weighted by Gasteiger charge is -2.11. The first kappa shape index (κ1) is 26.3. The van der Waals surface area contributed by atoms with Crippen LogP contribution in [-0.4, -0.2) is 45.9 Å². The Morgan fingerprint density at radius 2 is 1.72 bits per heavy atom. The number of aromatic amines is 1. The molecule has 198 valence electrons. The third-order valence-corrected chi connectivity index (χ3v) is 6.72. The molecule has 0 bridgehead atoms. The number of anilines is 1. The van der Waals surface area contributed by atoms with Crippen molar-refractivity contribution in [2.75, 3.05) is 25.0 Å². The Balaban J connectivity index is 1.02. The van der Waals surface area contributed by atoms with Crippen LogP contribution in [0.25, 0.3) is 33.3 Å². The Morgan fingerprint density at radius 3 is 2.54 bits per heavy atom. The maximum atomic E-state index is 12.3. The zero-order chi connectivity index (χ0) is 26.9. The molecule has 5 aromatic rings. The Bertz CT molecular complexity index is 1520. The summed E-state index contributed by atoms with van der Waals surface area (Å²) in [5, 5.41) is 21.6. The van der Waals surface area contributed by atoms with E-state index in [0.717, 1.165) is 56.0 Å². The highest BCUT2D eigenvalue weighted by molar-refractivity contribution is 6.33. The molecule has 4 N–H and O–H groups in total. The number of carbonyl (C=O) groups excluding carboxylic acids is 1. The van der Waals surface area contributed by atoms with E-state index in [2.05, 4.69) is 48.5 Å². The molecule has 0 saturated carbocycles. The number of halogens is 1. The molecule has 0 aliphatic heterocycles. The number of H-pyrrole nitrogens is 1. The van der Waals surface area contributed by atoms with Gasteiger partial charge in [0.15, 0.2) is 0 Å². The highest BCUT2D eigenvalue weighted by Gasteiger charge is 2.09. The molecule has 0 unspecified atom stereocenters. The minimum absolute atomic E-state index is 0.0264. The molecule has 3 aromatic carbocycles. The summed E-state index contributed by atoms with van der Waals surface area (Å²) < 4.78 is 0. The number of hydrogen-bond acceptors (Lipinski definition) is 6. The number of nitrogens with one attached hydrogen (secondary N) is 4. The maximum absolute atomic E-state index is 12.3. The Morgan fingerprint density at radius 1 is 0.872 bits per heavy atom. The summed E-state index contributed by atoms with van der Waals surface area (Å²) in [7, 11) is 0. The maximum Gasteiger partial charge on any atom is 0.221 e. The van der Waals surface area contributed by atoms with Crippen molar-refractivity contribution in [3.63, 3.8) is 0 Å². The summed E-state index contributed by atoms with van der Waals surface area (Å²) in [5.41, 5.74) is 7.87. The van der Waals surface area contributed by atoms with Crippen LogP contribution >= 0.6 is 11.6 Å². The van der Waals surface area contributed by atoms with Crippen molar-refractivity contribution in [3.8, 4) is 22.3 Å². The highest BCUT2D eigenvalue weighted by Crippen LogP contribution is 2.29. The summed E-state index contributed by atoms with van der Waals surface area (Å²) >= 11 is 6.50. The van der Waals surface area contributed by atoms with Crippen molar-refractivity contribution in [2.45, 2.75) is 19.4 Å². The fourth-order valence-electron chi connectivity index (χ4n) is 4.38. The van der Waals surface area contributed by atoms with Gasteiger partial charge in [0.05, 0.1) is 11.2 Å². The van der Waals surface area contributed by atoms with Crippen LogP contribution in [0, 0.1) is 0 Å². The van der Waals surface area contributed by atoms with Crippen LogP contribution in [0.3, 0.4) is 0 Å².